The van der Waals surface area contributed by atoms with E-state index in [9.17, 15) is 0 Å². The Morgan fingerprint density at radius 3 is 2.67 bits per heavy atom. The lowest BCUT2D eigenvalue weighted by Gasteiger charge is -2.28. The summed E-state index contributed by atoms with van der Waals surface area (Å²) in [6.07, 6.45) is 8.23. The number of anilines is 1. The van der Waals surface area contributed by atoms with Crippen LogP contribution in [0.15, 0.2) is 6.33 Å². The normalized spacial score (nSPS) is 16.8. The number of nitrogens with zero attached hydrogens (tertiary/aromatic N) is 3. The van der Waals surface area contributed by atoms with Gasteiger partial charge in [-0.1, -0.05) is 30.9 Å². The lowest BCUT2D eigenvalue weighted by atomic mass is 9.89. The van der Waals surface area contributed by atoms with Crippen molar-refractivity contribution in [2.24, 2.45) is 5.92 Å². The molecule has 18 heavy (non-hydrogen) atoms. The van der Waals surface area contributed by atoms with Crippen molar-refractivity contribution in [2.75, 3.05) is 18.5 Å². The van der Waals surface area contributed by atoms with Crippen LogP contribution in [0, 0.1) is 5.92 Å². The Balaban J connectivity index is 2.07. The largest absolute Gasteiger partial charge is 0.359 e. The summed E-state index contributed by atoms with van der Waals surface area (Å²) in [7, 11) is 2.06. The average molecular weight is 288 g/mol. The minimum atomic E-state index is 0.351. The molecule has 2 rings (SSSR count). The maximum atomic E-state index is 6.05. The maximum Gasteiger partial charge on any atom is 0.138 e. The molecule has 0 bridgehead atoms. The SMILES string of the molecule is CN(CC1CCCCC1)c1ncnc(Cl)c1CCl. The van der Waals surface area contributed by atoms with Crippen molar-refractivity contribution in [3.8, 4) is 0 Å². The molecule has 0 atom stereocenters. The quantitative estimate of drug-likeness (QED) is 0.622. The van der Waals surface area contributed by atoms with Crippen molar-refractivity contribution in [1.82, 2.24) is 9.97 Å². The number of hydrogen-bond acceptors (Lipinski definition) is 3. The van der Waals surface area contributed by atoms with E-state index in [0.29, 0.717) is 11.0 Å². The molecular weight excluding hydrogens is 269 g/mol. The molecule has 1 aliphatic rings. The number of rotatable bonds is 4. The first-order valence-electron chi connectivity index (χ1n) is 6.49. The second-order valence-electron chi connectivity index (χ2n) is 4.98. The summed E-state index contributed by atoms with van der Waals surface area (Å²) in [5, 5.41) is 0.463. The molecule has 100 valence electrons. The van der Waals surface area contributed by atoms with E-state index in [0.717, 1.165) is 23.8 Å². The van der Waals surface area contributed by atoms with Gasteiger partial charge in [0.15, 0.2) is 0 Å². The average Bonchev–Trinajstić information content (AvgIpc) is 2.39. The van der Waals surface area contributed by atoms with Gasteiger partial charge in [0.1, 0.15) is 17.3 Å². The fourth-order valence-electron chi connectivity index (χ4n) is 2.67. The minimum Gasteiger partial charge on any atom is -0.359 e. The van der Waals surface area contributed by atoms with Gasteiger partial charge in [-0.05, 0) is 18.8 Å². The number of hydrogen-bond donors (Lipinski definition) is 0. The Bertz CT molecular complexity index is 392. The monoisotopic (exact) mass is 287 g/mol. The van der Waals surface area contributed by atoms with Gasteiger partial charge in [0, 0.05) is 19.2 Å². The van der Waals surface area contributed by atoms with Gasteiger partial charge >= 0.3 is 0 Å². The zero-order chi connectivity index (χ0) is 13.0. The number of alkyl halides is 1. The Morgan fingerprint density at radius 1 is 1.28 bits per heavy atom. The summed E-state index contributed by atoms with van der Waals surface area (Å²) in [4.78, 5) is 10.5. The first-order valence-corrected chi connectivity index (χ1v) is 7.40. The molecule has 1 heterocycles. The van der Waals surface area contributed by atoms with Gasteiger partial charge in [0.25, 0.3) is 0 Å². The van der Waals surface area contributed by atoms with Gasteiger partial charge in [0.05, 0.1) is 5.88 Å². The summed E-state index contributed by atoms with van der Waals surface area (Å²) in [5.41, 5.74) is 0.833. The highest BCUT2D eigenvalue weighted by Gasteiger charge is 2.18. The molecule has 5 heteroatoms. The summed E-state index contributed by atoms with van der Waals surface area (Å²) >= 11 is 12.0. The molecule has 0 spiro atoms. The van der Waals surface area contributed by atoms with Crippen LogP contribution in [-0.2, 0) is 5.88 Å². The van der Waals surface area contributed by atoms with E-state index >= 15 is 0 Å². The predicted molar refractivity (Wildman–Crippen MR) is 76.4 cm³/mol. The molecule has 0 radical (unpaired) electrons. The van der Waals surface area contributed by atoms with Crippen molar-refractivity contribution in [2.45, 2.75) is 38.0 Å². The summed E-state index contributed by atoms with van der Waals surface area (Å²) in [6.45, 7) is 1.03. The molecule has 1 aromatic rings. The molecule has 1 saturated carbocycles. The van der Waals surface area contributed by atoms with Crippen molar-refractivity contribution in [1.29, 1.82) is 0 Å². The Labute approximate surface area is 119 Å². The van der Waals surface area contributed by atoms with Gasteiger partial charge in [-0.15, -0.1) is 11.6 Å². The number of halogens is 2. The van der Waals surface area contributed by atoms with Gasteiger partial charge in [-0.3, -0.25) is 0 Å². The van der Waals surface area contributed by atoms with Crippen molar-refractivity contribution in [3.63, 3.8) is 0 Å². The predicted octanol–water partition coefficient (Wildman–Crippen LogP) is 3.89. The fraction of sp³-hybridized carbons (Fsp3) is 0.692. The topological polar surface area (TPSA) is 29.0 Å². The maximum absolute atomic E-state index is 6.05. The van der Waals surface area contributed by atoms with Crippen LogP contribution >= 0.6 is 23.2 Å². The Kier molecular flexibility index (Phi) is 5.07. The van der Waals surface area contributed by atoms with E-state index in [-0.39, 0.29) is 0 Å². The van der Waals surface area contributed by atoms with E-state index in [2.05, 4.69) is 21.9 Å². The minimum absolute atomic E-state index is 0.351. The van der Waals surface area contributed by atoms with Crippen LogP contribution in [-0.4, -0.2) is 23.6 Å². The Morgan fingerprint density at radius 2 is 2.00 bits per heavy atom. The highest BCUT2D eigenvalue weighted by atomic mass is 35.5. The third-order valence-electron chi connectivity index (χ3n) is 3.62. The molecule has 0 amide bonds. The Hall–Kier alpha value is -0.540. The van der Waals surface area contributed by atoms with E-state index < -0.39 is 0 Å². The van der Waals surface area contributed by atoms with Crippen LogP contribution in [0.2, 0.25) is 5.15 Å². The van der Waals surface area contributed by atoms with Crippen molar-refractivity contribution >= 4 is 29.0 Å². The smallest absolute Gasteiger partial charge is 0.138 e. The van der Waals surface area contributed by atoms with Crippen LogP contribution in [0.1, 0.15) is 37.7 Å². The molecule has 1 aliphatic carbocycles. The molecule has 0 unspecified atom stereocenters. The van der Waals surface area contributed by atoms with E-state index in [1.807, 2.05) is 0 Å². The molecule has 0 N–H and O–H groups in total. The molecule has 1 fully saturated rings. The second kappa shape index (κ2) is 6.58. The zero-order valence-electron chi connectivity index (χ0n) is 10.7. The van der Waals surface area contributed by atoms with Crippen LogP contribution < -0.4 is 4.90 Å². The lowest BCUT2D eigenvalue weighted by Crippen LogP contribution is -2.28. The van der Waals surface area contributed by atoms with Crippen molar-refractivity contribution in [3.05, 3.63) is 17.0 Å². The first-order chi connectivity index (χ1) is 8.72. The standard InChI is InChI=1S/C13H19Cl2N3/c1-18(8-10-5-3-2-4-6-10)13-11(7-14)12(15)16-9-17-13/h9-10H,2-8H2,1H3. The first kappa shape index (κ1) is 13.9. The molecule has 3 nitrogen and oxygen atoms in total. The van der Waals surface area contributed by atoms with E-state index in [1.54, 1.807) is 0 Å². The van der Waals surface area contributed by atoms with Gasteiger partial charge in [0.2, 0.25) is 0 Å². The second-order valence-corrected chi connectivity index (χ2v) is 5.61. The molecule has 0 saturated heterocycles. The number of aromatic nitrogens is 2. The highest BCUT2D eigenvalue weighted by Crippen LogP contribution is 2.28. The third kappa shape index (κ3) is 3.27. The third-order valence-corrected chi connectivity index (χ3v) is 4.22. The van der Waals surface area contributed by atoms with E-state index in [4.69, 9.17) is 23.2 Å². The summed E-state index contributed by atoms with van der Waals surface area (Å²) in [6, 6.07) is 0. The van der Waals surface area contributed by atoms with Crippen molar-refractivity contribution < 1.29 is 0 Å². The molecule has 0 aromatic carbocycles. The van der Waals surface area contributed by atoms with Crippen LogP contribution in [0.5, 0.6) is 0 Å². The van der Waals surface area contributed by atoms with Gasteiger partial charge in [-0.25, -0.2) is 9.97 Å². The highest BCUT2D eigenvalue weighted by molar-refractivity contribution is 6.31. The molecular formula is C13H19Cl2N3. The van der Waals surface area contributed by atoms with Crippen LogP contribution in [0.4, 0.5) is 5.82 Å². The fourth-order valence-corrected chi connectivity index (χ4v) is 3.18. The lowest BCUT2D eigenvalue weighted by molar-refractivity contribution is 0.361. The van der Waals surface area contributed by atoms with Gasteiger partial charge < -0.3 is 4.90 Å². The zero-order valence-corrected chi connectivity index (χ0v) is 12.2. The van der Waals surface area contributed by atoms with Crippen LogP contribution in [0.25, 0.3) is 0 Å². The van der Waals surface area contributed by atoms with Crippen LogP contribution in [0.3, 0.4) is 0 Å². The molecule has 1 aromatic heterocycles. The van der Waals surface area contributed by atoms with Gasteiger partial charge in [-0.2, -0.15) is 0 Å². The summed E-state index contributed by atoms with van der Waals surface area (Å²) in [5.74, 6) is 1.99. The molecule has 0 aliphatic heterocycles. The summed E-state index contributed by atoms with van der Waals surface area (Å²) < 4.78 is 0. The van der Waals surface area contributed by atoms with E-state index in [1.165, 1.54) is 38.4 Å².